The molecule has 0 fully saturated rings. The monoisotopic (exact) mass is 753 g/mol. The van der Waals surface area contributed by atoms with E-state index in [4.69, 9.17) is 0 Å². The summed E-state index contributed by atoms with van der Waals surface area (Å²) in [6, 6.07) is 70.7. The topological polar surface area (TPSA) is 3.24 Å². The van der Waals surface area contributed by atoms with Gasteiger partial charge in [0.25, 0.3) is 0 Å². The Morgan fingerprint density at radius 1 is 0.271 bits per heavy atom. The quantitative estimate of drug-likeness (QED) is 0.173. The third-order valence-electron chi connectivity index (χ3n) is 13.7. The second-order valence-electron chi connectivity index (χ2n) is 17.9. The Balaban J connectivity index is 1.02. The molecule has 12 rings (SSSR count). The maximum atomic E-state index is 2.46. The van der Waals surface area contributed by atoms with Crippen LogP contribution in [0.4, 0.5) is 17.1 Å². The first-order chi connectivity index (χ1) is 28.7. The summed E-state index contributed by atoms with van der Waals surface area (Å²) >= 11 is 0. The molecular formula is C58H43N. The van der Waals surface area contributed by atoms with Crippen molar-refractivity contribution in [2.24, 2.45) is 0 Å². The van der Waals surface area contributed by atoms with Crippen LogP contribution in [0.2, 0.25) is 0 Å². The largest absolute Gasteiger partial charge is 0.310 e. The number of rotatable bonds is 4. The highest BCUT2D eigenvalue weighted by molar-refractivity contribution is 6.02. The van der Waals surface area contributed by atoms with Gasteiger partial charge in [0.05, 0.1) is 0 Å². The van der Waals surface area contributed by atoms with Crippen LogP contribution in [0, 0.1) is 0 Å². The lowest BCUT2D eigenvalue weighted by Crippen LogP contribution is -2.15. The van der Waals surface area contributed by atoms with Crippen LogP contribution in [0.1, 0.15) is 49.9 Å². The van der Waals surface area contributed by atoms with Crippen LogP contribution in [-0.2, 0) is 10.8 Å². The third-order valence-corrected chi connectivity index (χ3v) is 13.7. The highest BCUT2D eigenvalue weighted by Gasteiger charge is 2.37. The third kappa shape index (κ3) is 5.11. The normalized spacial score (nSPS) is 14.4. The summed E-state index contributed by atoms with van der Waals surface area (Å²) < 4.78 is 0. The van der Waals surface area contributed by atoms with Crippen molar-refractivity contribution in [1.29, 1.82) is 0 Å². The molecule has 0 radical (unpaired) electrons. The highest BCUT2D eigenvalue weighted by Crippen LogP contribution is 2.53. The smallest absolute Gasteiger partial charge is 0.0468 e. The van der Waals surface area contributed by atoms with E-state index in [-0.39, 0.29) is 10.8 Å². The van der Waals surface area contributed by atoms with E-state index >= 15 is 0 Å². The Morgan fingerprint density at radius 3 is 1.08 bits per heavy atom. The van der Waals surface area contributed by atoms with Crippen molar-refractivity contribution in [3.63, 3.8) is 0 Å². The molecule has 0 atom stereocenters. The average Bonchev–Trinajstić information content (AvgIpc) is 3.60. The first-order valence-corrected chi connectivity index (χ1v) is 20.9. The molecule has 280 valence electrons. The molecule has 0 unspecified atom stereocenters. The molecule has 0 spiro atoms. The van der Waals surface area contributed by atoms with E-state index < -0.39 is 0 Å². The van der Waals surface area contributed by atoms with Gasteiger partial charge in [0.15, 0.2) is 0 Å². The second-order valence-corrected chi connectivity index (χ2v) is 17.9. The molecule has 0 amide bonds. The highest BCUT2D eigenvalue weighted by atomic mass is 15.1. The summed E-state index contributed by atoms with van der Waals surface area (Å²) in [5, 5.41) is 10.2. The summed E-state index contributed by atoms with van der Waals surface area (Å²) in [5.41, 5.74) is 16.6. The SMILES string of the molecule is CC1(C)c2cc3ccccc3cc2-c2cc3ccc(N(c4cccc(-c5ccccc5)c4)c4ccc5cc6c(cc5c4)C(C)(C)c4cc5ccccc5cc4-6)cc3cc21. The molecule has 0 aliphatic heterocycles. The Bertz CT molecular complexity index is 3200. The molecule has 0 heterocycles. The van der Waals surface area contributed by atoms with Gasteiger partial charge in [0, 0.05) is 27.9 Å². The molecule has 1 nitrogen and oxygen atoms in total. The fourth-order valence-electron chi connectivity index (χ4n) is 10.5. The maximum absolute atomic E-state index is 2.46. The van der Waals surface area contributed by atoms with Gasteiger partial charge >= 0.3 is 0 Å². The summed E-state index contributed by atoms with van der Waals surface area (Å²) in [6.45, 7) is 9.55. The molecule has 0 saturated heterocycles. The molecule has 1 heteroatoms. The number of benzene rings is 10. The van der Waals surface area contributed by atoms with E-state index in [1.807, 2.05) is 0 Å². The van der Waals surface area contributed by atoms with Gasteiger partial charge in [0.1, 0.15) is 0 Å². The first-order valence-electron chi connectivity index (χ1n) is 20.9. The summed E-state index contributed by atoms with van der Waals surface area (Å²) in [7, 11) is 0. The molecular weight excluding hydrogens is 711 g/mol. The van der Waals surface area contributed by atoms with Gasteiger partial charge in [-0.2, -0.15) is 0 Å². The molecule has 0 bridgehead atoms. The Hall–Kier alpha value is -6.96. The van der Waals surface area contributed by atoms with Crippen LogP contribution in [0.15, 0.2) is 188 Å². The van der Waals surface area contributed by atoms with Gasteiger partial charge < -0.3 is 4.90 Å². The van der Waals surface area contributed by atoms with Crippen LogP contribution in [0.25, 0.3) is 76.5 Å². The van der Waals surface area contributed by atoms with Crippen LogP contribution in [0.3, 0.4) is 0 Å². The van der Waals surface area contributed by atoms with Gasteiger partial charge in [-0.25, -0.2) is 0 Å². The summed E-state index contributed by atoms with van der Waals surface area (Å²) in [6.07, 6.45) is 0. The number of fused-ring (bicyclic) bond motifs is 10. The van der Waals surface area contributed by atoms with Crippen molar-refractivity contribution in [3.8, 4) is 33.4 Å². The number of hydrogen-bond donors (Lipinski definition) is 0. The van der Waals surface area contributed by atoms with Crippen molar-refractivity contribution < 1.29 is 0 Å². The van der Waals surface area contributed by atoms with Crippen molar-refractivity contribution >= 4 is 60.2 Å². The fourth-order valence-corrected chi connectivity index (χ4v) is 10.5. The number of nitrogens with zero attached hydrogens (tertiary/aromatic N) is 1. The molecule has 2 aliphatic rings. The Labute approximate surface area is 345 Å². The van der Waals surface area contributed by atoms with Crippen LogP contribution >= 0.6 is 0 Å². The number of anilines is 3. The zero-order valence-corrected chi connectivity index (χ0v) is 33.8. The molecule has 10 aromatic rings. The van der Waals surface area contributed by atoms with Gasteiger partial charge in [-0.15, -0.1) is 0 Å². The number of hydrogen-bond acceptors (Lipinski definition) is 1. The predicted molar refractivity (Wildman–Crippen MR) is 252 cm³/mol. The van der Waals surface area contributed by atoms with Crippen molar-refractivity contribution in [1.82, 2.24) is 0 Å². The van der Waals surface area contributed by atoms with Gasteiger partial charge in [-0.05, 0) is 184 Å². The fraction of sp³-hybridized carbons (Fsp3) is 0.103. The van der Waals surface area contributed by atoms with E-state index in [0.717, 1.165) is 17.1 Å². The average molecular weight is 754 g/mol. The minimum Gasteiger partial charge on any atom is -0.310 e. The van der Waals surface area contributed by atoms with E-state index in [1.54, 1.807) is 0 Å². The molecule has 0 N–H and O–H groups in total. The summed E-state index contributed by atoms with van der Waals surface area (Å²) in [5.74, 6) is 0. The molecule has 59 heavy (non-hydrogen) atoms. The van der Waals surface area contributed by atoms with Crippen molar-refractivity contribution in [2.45, 2.75) is 38.5 Å². The molecule has 0 saturated carbocycles. The van der Waals surface area contributed by atoms with E-state index in [2.05, 4.69) is 221 Å². The van der Waals surface area contributed by atoms with Crippen molar-refractivity contribution in [3.05, 3.63) is 210 Å². The Kier molecular flexibility index (Phi) is 7.10. The summed E-state index contributed by atoms with van der Waals surface area (Å²) in [4.78, 5) is 2.45. The molecule has 0 aromatic heterocycles. The predicted octanol–water partition coefficient (Wildman–Crippen LogP) is 16.0. The van der Waals surface area contributed by atoms with Crippen LogP contribution in [-0.4, -0.2) is 0 Å². The van der Waals surface area contributed by atoms with E-state index in [0.29, 0.717) is 0 Å². The molecule has 10 aromatic carbocycles. The maximum Gasteiger partial charge on any atom is 0.0468 e. The van der Waals surface area contributed by atoms with Crippen LogP contribution < -0.4 is 4.90 Å². The van der Waals surface area contributed by atoms with Crippen LogP contribution in [0.5, 0.6) is 0 Å². The van der Waals surface area contributed by atoms with E-state index in [9.17, 15) is 0 Å². The van der Waals surface area contributed by atoms with Gasteiger partial charge in [0.2, 0.25) is 0 Å². The molecule has 2 aliphatic carbocycles. The lowest BCUT2D eigenvalue weighted by molar-refractivity contribution is 0.662. The zero-order valence-electron chi connectivity index (χ0n) is 33.8. The van der Waals surface area contributed by atoms with Gasteiger partial charge in [-0.3, -0.25) is 0 Å². The Morgan fingerprint density at radius 2 is 0.627 bits per heavy atom. The minimum atomic E-state index is -0.110. The first kappa shape index (κ1) is 34.1. The standard InChI is InChI=1S/C58H43N/c1-57(2)53-32-40-17-10-8-15-38(40)28-49(53)51-30-42-21-23-47(26-44(42)34-55(51)57)59(46-20-12-19-37(25-46)36-13-6-5-7-14-36)48-24-22-43-31-52-50-29-39-16-9-11-18-41(39)33-54(50)58(3,4)56(52)35-45(43)27-48/h5-35H,1-4H3. The zero-order chi connectivity index (χ0) is 39.6. The van der Waals surface area contributed by atoms with E-state index in [1.165, 1.54) is 98.7 Å². The minimum absolute atomic E-state index is 0.110. The second kappa shape index (κ2) is 12.3. The lowest BCUT2D eigenvalue weighted by atomic mass is 9.81. The van der Waals surface area contributed by atoms with Gasteiger partial charge in [-0.1, -0.05) is 131 Å². The lowest BCUT2D eigenvalue weighted by Gasteiger charge is -2.27. The van der Waals surface area contributed by atoms with Crippen molar-refractivity contribution in [2.75, 3.05) is 4.90 Å².